The minimum absolute atomic E-state index is 0.172. The van der Waals surface area contributed by atoms with Crippen molar-refractivity contribution in [1.29, 1.82) is 0 Å². The van der Waals surface area contributed by atoms with Gasteiger partial charge in [0, 0.05) is 13.2 Å². The third-order valence-corrected chi connectivity index (χ3v) is 4.98. The molecule has 1 heterocycles. The summed E-state index contributed by atoms with van der Waals surface area (Å²) in [6.45, 7) is 0.172. The molecule has 1 aromatic carbocycles. The number of rotatable bonds is 5. The Hall–Kier alpha value is -1.63. The molecule has 2 aromatic rings. The Kier molecular flexibility index (Phi) is 4.82. The molecule has 0 atom stereocenters. The second kappa shape index (κ2) is 6.43. The Morgan fingerprint density at radius 1 is 1.19 bits per heavy atom. The van der Waals surface area contributed by atoms with E-state index in [1.165, 1.54) is 36.8 Å². The van der Waals surface area contributed by atoms with Gasteiger partial charge in [-0.3, -0.25) is 4.98 Å². The highest BCUT2D eigenvalue weighted by atomic mass is 35.5. The molecule has 0 N–H and O–H groups in total. The van der Waals surface area contributed by atoms with Gasteiger partial charge in [-0.2, -0.15) is 4.31 Å². The summed E-state index contributed by atoms with van der Waals surface area (Å²) < 4.78 is 31.1. The highest BCUT2D eigenvalue weighted by Crippen LogP contribution is 2.19. The van der Waals surface area contributed by atoms with E-state index in [-0.39, 0.29) is 11.4 Å². The summed E-state index contributed by atoms with van der Waals surface area (Å²) in [4.78, 5) is 4.30. The van der Waals surface area contributed by atoms with Crippen LogP contribution in [0.2, 0.25) is 5.02 Å². The first-order valence-corrected chi connectivity index (χ1v) is 7.96. The van der Waals surface area contributed by atoms with Crippen LogP contribution in [-0.4, -0.2) is 31.9 Å². The Balaban J connectivity index is 2.19. The van der Waals surface area contributed by atoms with E-state index < -0.39 is 10.0 Å². The standard InChI is InChI=1S/C14H15ClN2O3S/c1-17(10-12-4-3-11(15)9-16-12)21(18,19)14-7-5-13(20-2)6-8-14/h3-9H,10H2,1-2H3. The predicted molar refractivity (Wildman–Crippen MR) is 80.9 cm³/mol. The molecule has 0 saturated heterocycles. The van der Waals surface area contributed by atoms with Gasteiger partial charge in [-0.1, -0.05) is 11.6 Å². The zero-order valence-corrected chi connectivity index (χ0v) is 13.2. The molecule has 2 rings (SSSR count). The van der Waals surface area contributed by atoms with Gasteiger partial charge >= 0.3 is 0 Å². The van der Waals surface area contributed by atoms with Crippen LogP contribution in [0.3, 0.4) is 0 Å². The summed E-state index contributed by atoms with van der Waals surface area (Å²) in [6, 6.07) is 9.63. The Morgan fingerprint density at radius 2 is 1.86 bits per heavy atom. The zero-order valence-electron chi connectivity index (χ0n) is 11.7. The molecule has 0 amide bonds. The maximum atomic E-state index is 12.4. The number of hydrogen-bond donors (Lipinski definition) is 0. The number of sulfonamides is 1. The van der Waals surface area contributed by atoms with Gasteiger partial charge in [0.05, 0.1) is 29.3 Å². The molecule has 21 heavy (non-hydrogen) atoms. The van der Waals surface area contributed by atoms with Crippen molar-refractivity contribution in [3.8, 4) is 5.75 Å². The fourth-order valence-corrected chi connectivity index (χ4v) is 2.99. The Morgan fingerprint density at radius 3 is 2.38 bits per heavy atom. The van der Waals surface area contributed by atoms with E-state index in [0.29, 0.717) is 16.5 Å². The molecule has 0 radical (unpaired) electrons. The van der Waals surface area contributed by atoms with Crippen LogP contribution < -0.4 is 4.74 Å². The van der Waals surface area contributed by atoms with Crippen molar-refractivity contribution >= 4 is 21.6 Å². The fraction of sp³-hybridized carbons (Fsp3) is 0.214. The summed E-state index contributed by atoms with van der Waals surface area (Å²) in [5, 5.41) is 0.513. The number of hydrogen-bond acceptors (Lipinski definition) is 4. The van der Waals surface area contributed by atoms with Crippen molar-refractivity contribution < 1.29 is 13.2 Å². The maximum absolute atomic E-state index is 12.4. The average molecular weight is 327 g/mol. The van der Waals surface area contributed by atoms with E-state index in [1.54, 1.807) is 24.3 Å². The van der Waals surface area contributed by atoms with Gasteiger partial charge in [0.25, 0.3) is 0 Å². The summed E-state index contributed by atoms with van der Waals surface area (Å²) >= 11 is 5.76. The van der Waals surface area contributed by atoms with Crippen molar-refractivity contribution in [1.82, 2.24) is 9.29 Å². The lowest BCUT2D eigenvalue weighted by atomic mass is 10.3. The van der Waals surface area contributed by atoms with Gasteiger partial charge in [-0.05, 0) is 36.4 Å². The average Bonchev–Trinajstić information content (AvgIpc) is 2.49. The van der Waals surface area contributed by atoms with Crippen molar-refractivity contribution in [2.24, 2.45) is 0 Å². The molecular formula is C14H15ClN2O3S. The lowest BCUT2D eigenvalue weighted by Gasteiger charge is -2.17. The van der Waals surface area contributed by atoms with Crippen LogP contribution in [0, 0.1) is 0 Å². The molecule has 7 heteroatoms. The Bertz CT molecular complexity index is 700. The molecule has 0 unspecified atom stereocenters. The summed E-state index contributed by atoms with van der Waals surface area (Å²) in [5.74, 6) is 0.607. The third-order valence-electron chi connectivity index (χ3n) is 2.94. The second-order valence-electron chi connectivity index (χ2n) is 4.40. The quantitative estimate of drug-likeness (QED) is 0.847. The van der Waals surface area contributed by atoms with E-state index in [4.69, 9.17) is 16.3 Å². The van der Waals surface area contributed by atoms with Crippen molar-refractivity contribution in [2.75, 3.05) is 14.2 Å². The number of benzene rings is 1. The Labute approximate surface area is 129 Å². The first-order valence-electron chi connectivity index (χ1n) is 6.14. The van der Waals surface area contributed by atoms with E-state index in [1.807, 2.05) is 0 Å². The van der Waals surface area contributed by atoms with Gasteiger partial charge in [0.15, 0.2) is 0 Å². The largest absolute Gasteiger partial charge is 0.497 e. The molecule has 1 aromatic heterocycles. The van der Waals surface area contributed by atoms with Gasteiger partial charge in [0.1, 0.15) is 5.75 Å². The summed E-state index contributed by atoms with van der Waals surface area (Å²) in [6.07, 6.45) is 1.49. The van der Waals surface area contributed by atoms with Crippen LogP contribution in [-0.2, 0) is 16.6 Å². The maximum Gasteiger partial charge on any atom is 0.243 e. The molecule has 0 aliphatic rings. The van der Waals surface area contributed by atoms with Crippen LogP contribution in [0.1, 0.15) is 5.69 Å². The van der Waals surface area contributed by atoms with Crippen molar-refractivity contribution in [2.45, 2.75) is 11.4 Å². The highest BCUT2D eigenvalue weighted by Gasteiger charge is 2.21. The smallest absolute Gasteiger partial charge is 0.243 e. The molecular weight excluding hydrogens is 312 g/mol. The molecule has 5 nitrogen and oxygen atoms in total. The summed E-state index contributed by atoms with van der Waals surface area (Å²) in [5.41, 5.74) is 0.624. The molecule has 0 aliphatic heterocycles. The van der Waals surface area contributed by atoms with Crippen LogP contribution in [0.15, 0.2) is 47.5 Å². The number of pyridine rings is 1. The molecule has 0 saturated carbocycles. The van der Waals surface area contributed by atoms with Crippen molar-refractivity contribution in [3.63, 3.8) is 0 Å². The number of aromatic nitrogens is 1. The zero-order chi connectivity index (χ0) is 15.5. The van der Waals surface area contributed by atoms with Crippen LogP contribution in [0.25, 0.3) is 0 Å². The van der Waals surface area contributed by atoms with Crippen molar-refractivity contribution in [3.05, 3.63) is 53.3 Å². The minimum Gasteiger partial charge on any atom is -0.497 e. The van der Waals surface area contributed by atoms with E-state index >= 15 is 0 Å². The number of methoxy groups -OCH3 is 1. The minimum atomic E-state index is -3.57. The van der Waals surface area contributed by atoms with Gasteiger partial charge in [-0.25, -0.2) is 8.42 Å². The van der Waals surface area contributed by atoms with E-state index in [0.717, 1.165) is 0 Å². The summed E-state index contributed by atoms with van der Waals surface area (Å²) in [7, 11) is -0.528. The van der Waals surface area contributed by atoms with Gasteiger partial charge < -0.3 is 4.74 Å². The number of nitrogens with zero attached hydrogens (tertiary/aromatic N) is 2. The van der Waals surface area contributed by atoms with Gasteiger partial charge in [-0.15, -0.1) is 0 Å². The van der Waals surface area contributed by atoms with Crippen LogP contribution in [0.4, 0.5) is 0 Å². The molecule has 112 valence electrons. The fourth-order valence-electron chi connectivity index (χ4n) is 1.74. The molecule has 0 bridgehead atoms. The first kappa shape index (κ1) is 15.8. The molecule has 0 aliphatic carbocycles. The number of ether oxygens (including phenoxy) is 1. The highest BCUT2D eigenvalue weighted by molar-refractivity contribution is 7.89. The normalized spacial score (nSPS) is 11.6. The lowest BCUT2D eigenvalue weighted by molar-refractivity contribution is 0.414. The topological polar surface area (TPSA) is 59.5 Å². The van der Waals surface area contributed by atoms with Crippen LogP contribution in [0.5, 0.6) is 5.75 Å². The van der Waals surface area contributed by atoms with E-state index in [9.17, 15) is 8.42 Å². The third kappa shape index (κ3) is 3.72. The predicted octanol–water partition coefficient (Wildman–Crippen LogP) is 2.56. The second-order valence-corrected chi connectivity index (χ2v) is 6.89. The first-order chi connectivity index (χ1) is 9.93. The monoisotopic (exact) mass is 326 g/mol. The lowest BCUT2D eigenvalue weighted by Crippen LogP contribution is -2.26. The molecule has 0 spiro atoms. The van der Waals surface area contributed by atoms with Gasteiger partial charge in [0.2, 0.25) is 10.0 Å². The number of halogens is 1. The SMILES string of the molecule is COc1ccc(S(=O)(=O)N(C)Cc2ccc(Cl)cn2)cc1. The van der Waals surface area contributed by atoms with E-state index in [2.05, 4.69) is 4.98 Å². The molecule has 0 fully saturated rings. The van der Waals surface area contributed by atoms with Crippen LogP contribution >= 0.6 is 11.6 Å².